The number of carbonyl (C=O) groups excluding carboxylic acids is 1. The molecule has 1 atom stereocenters. The Hall–Kier alpha value is -3.09. The first-order chi connectivity index (χ1) is 17.7. The maximum Gasteiger partial charge on any atom is 0.234 e. The van der Waals surface area contributed by atoms with Gasteiger partial charge in [0.2, 0.25) is 5.91 Å². The van der Waals surface area contributed by atoms with Crippen LogP contribution < -0.4 is 5.32 Å². The number of hydrogen-bond donors (Lipinski definition) is 1. The second kappa shape index (κ2) is 11.5. The van der Waals surface area contributed by atoms with Crippen molar-refractivity contribution in [2.24, 2.45) is 0 Å². The number of amides is 1. The van der Waals surface area contributed by atoms with E-state index in [0.717, 1.165) is 23.4 Å². The number of nitrogens with zero attached hydrogens (tertiary/aromatic N) is 3. The van der Waals surface area contributed by atoms with Gasteiger partial charge >= 0.3 is 0 Å². The molecule has 3 aromatic carbocycles. The number of hydrogen-bond acceptors (Lipinski definition) is 4. The molecule has 1 heterocycles. The van der Waals surface area contributed by atoms with Crippen LogP contribution in [-0.4, -0.2) is 26.4 Å². The monoisotopic (exact) mass is 532 g/mol. The zero-order valence-electron chi connectivity index (χ0n) is 22.0. The smallest absolute Gasteiger partial charge is 0.234 e. The summed E-state index contributed by atoms with van der Waals surface area (Å²) in [6, 6.07) is 24.0. The summed E-state index contributed by atoms with van der Waals surface area (Å²) in [6.45, 7) is 11.0. The van der Waals surface area contributed by atoms with Crippen LogP contribution >= 0.6 is 23.4 Å². The van der Waals surface area contributed by atoms with E-state index >= 15 is 0 Å². The molecule has 0 aliphatic rings. The Kier molecular flexibility index (Phi) is 8.40. The van der Waals surface area contributed by atoms with Crippen molar-refractivity contribution >= 4 is 35.0 Å². The third kappa shape index (κ3) is 6.62. The maximum absolute atomic E-state index is 12.8. The van der Waals surface area contributed by atoms with E-state index < -0.39 is 0 Å². The first-order valence-electron chi connectivity index (χ1n) is 12.5. The lowest BCUT2D eigenvalue weighted by Gasteiger charge is -2.19. The number of carbonyl (C=O) groups is 1. The predicted molar refractivity (Wildman–Crippen MR) is 155 cm³/mol. The second-order valence-electron chi connectivity index (χ2n) is 10.2. The fourth-order valence-electron chi connectivity index (χ4n) is 3.95. The summed E-state index contributed by atoms with van der Waals surface area (Å²) < 4.78 is 1.97. The van der Waals surface area contributed by atoms with Gasteiger partial charge in [-0.3, -0.25) is 9.36 Å². The third-order valence-electron chi connectivity index (χ3n) is 6.44. The van der Waals surface area contributed by atoms with Crippen molar-refractivity contribution in [2.75, 3.05) is 11.1 Å². The average molecular weight is 533 g/mol. The fraction of sp³-hybridized carbons (Fsp3) is 0.300. The summed E-state index contributed by atoms with van der Waals surface area (Å²) in [5.41, 5.74) is 5.20. The van der Waals surface area contributed by atoms with Gasteiger partial charge in [0.05, 0.1) is 5.75 Å². The molecule has 0 spiro atoms. The van der Waals surface area contributed by atoms with Crippen molar-refractivity contribution in [3.8, 4) is 17.1 Å². The number of benzene rings is 3. The zero-order valence-corrected chi connectivity index (χ0v) is 23.5. The molecule has 192 valence electrons. The summed E-state index contributed by atoms with van der Waals surface area (Å²) in [6.07, 6.45) is 1.08. The van der Waals surface area contributed by atoms with Gasteiger partial charge in [0.15, 0.2) is 11.0 Å². The molecule has 1 aromatic heterocycles. The molecule has 0 fully saturated rings. The lowest BCUT2D eigenvalue weighted by molar-refractivity contribution is -0.113. The van der Waals surface area contributed by atoms with E-state index in [9.17, 15) is 4.79 Å². The first kappa shape index (κ1) is 27.0. The number of nitrogens with one attached hydrogen (secondary N) is 1. The normalized spacial score (nSPS) is 12.4. The number of anilines is 1. The highest BCUT2D eigenvalue weighted by Crippen LogP contribution is 2.31. The Morgan fingerprint density at radius 3 is 2.22 bits per heavy atom. The summed E-state index contributed by atoms with van der Waals surface area (Å²) in [5.74, 6) is 1.33. The predicted octanol–water partition coefficient (Wildman–Crippen LogP) is 8.13. The highest BCUT2D eigenvalue weighted by atomic mass is 35.5. The molecule has 37 heavy (non-hydrogen) atoms. The molecule has 1 N–H and O–H groups in total. The summed E-state index contributed by atoms with van der Waals surface area (Å²) in [7, 11) is 0. The van der Waals surface area contributed by atoms with Crippen LogP contribution in [0.4, 0.5) is 5.69 Å². The van der Waals surface area contributed by atoms with Gasteiger partial charge in [-0.05, 0) is 65.3 Å². The van der Waals surface area contributed by atoms with Crippen LogP contribution in [0.1, 0.15) is 58.1 Å². The number of rotatable bonds is 8. The van der Waals surface area contributed by atoms with E-state index in [1.807, 2.05) is 41.0 Å². The van der Waals surface area contributed by atoms with Gasteiger partial charge in [0.25, 0.3) is 0 Å². The SMILES string of the molecule is CC[C@H](C)c1ccc(NC(=O)CSc2nnc(-c3ccc(C(C)(C)C)cc3)n2-c2ccc(Cl)cc2)cc1. The Morgan fingerprint density at radius 1 is 0.973 bits per heavy atom. The van der Waals surface area contributed by atoms with E-state index in [1.54, 1.807) is 0 Å². The molecule has 7 heteroatoms. The fourth-order valence-corrected chi connectivity index (χ4v) is 4.83. The molecular weight excluding hydrogens is 500 g/mol. The Bertz CT molecular complexity index is 1340. The minimum atomic E-state index is -0.0944. The highest BCUT2D eigenvalue weighted by Gasteiger charge is 2.19. The molecule has 0 saturated carbocycles. The minimum Gasteiger partial charge on any atom is -0.325 e. The van der Waals surface area contributed by atoms with Crippen molar-refractivity contribution in [3.05, 3.63) is 88.9 Å². The first-order valence-corrected chi connectivity index (χ1v) is 13.9. The van der Waals surface area contributed by atoms with E-state index in [1.165, 1.54) is 22.9 Å². The van der Waals surface area contributed by atoms with Crippen molar-refractivity contribution in [2.45, 2.75) is 57.5 Å². The van der Waals surface area contributed by atoms with E-state index in [4.69, 9.17) is 11.6 Å². The van der Waals surface area contributed by atoms with E-state index in [0.29, 0.717) is 21.9 Å². The van der Waals surface area contributed by atoms with Gasteiger partial charge < -0.3 is 5.32 Å². The van der Waals surface area contributed by atoms with Crippen LogP contribution in [0.5, 0.6) is 0 Å². The van der Waals surface area contributed by atoms with Crippen molar-refractivity contribution < 1.29 is 4.79 Å². The Labute approximate surface area is 228 Å². The number of aromatic nitrogens is 3. The minimum absolute atomic E-state index is 0.0608. The number of halogens is 1. The third-order valence-corrected chi connectivity index (χ3v) is 7.62. The van der Waals surface area contributed by atoms with Crippen LogP contribution in [0.2, 0.25) is 5.02 Å². The van der Waals surface area contributed by atoms with Gasteiger partial charge in [-0.25, -0.2) is 0 Å². The van der Waals surface area contributed by atoms with Crippen LogP contribution in [0.3, 0.4) is 0 Å². The van der Waals surface area contributed by atoms with Crippen molar-refractivity contribution in [3.63, 3.8) is 0 Å². The summed E-state index contributed by atoms with van der Waals surface area (Å²) in [4.78, 5) is 12.8. The Morgan fingerprint density at radius 2 is 1.62 bits per heavy atom. The molecule has 0 aliphatic carbocycles. The van der Waals surface area contributed by atoms with Gasteiger partial charge in [-0.1, -0.05) is 94.4 Å². The van der Waals surface area contributed by atoms with E-state index in [-0.39, 0.29) is 17.1 Å². The quantitative estimate of drug-likeness (QED) is 0.233. The van der Waals surface area contributed by atoms with Gasteiger partial charge in [-0.2, -0.15) is 0 Å². The van der Waals surface area contributed by atoms with Crippen LogP contribution in [0.15, 0.2) is 78.0 Å². The standard InChI is InChI=1S/C30H33ClN4OS/c1-6-20(2)21-9-15-25(16-10-21)32-27(36)19-37-29-34-33-28(35(29)26-17-13-24(31)14-18-26)22-7-11-23(12-8-22)30(3,4)5/h7-18,20H,6,19H2,1-5H3,(H,32,36)/t20-/m0/s1. The van der Waals surface area contributed by atoms with Crippen LogP contribution in [0.25, 0.3) is 17.1 Å². The molecule has 0 radical (unpaired) electrons. The molecule has 0 saturated heterocycles. The largest absolute Gasteiger partial charge is 0.325 e. The lowest BCUT2D eigenvalue weighted by atomic mass is 9.87. The van der Waals surface area contributed by atoms with Gasteiger partial charge in [0, 0.05) is 22.0 Å². The van der Waals surface area contributed by atoms with Crippen LogP contribution in [0, 0.1) is 0 Å². The Balaban J connectivity index is 1.55. The summed E-state index contributed by atoms with van der Waals surface area (Å²) in [5, 5.41) is 13.2. The zero-order chi connectivity index (χ0) is 26.6. The number of thioether (sulfide) groups is 1. The average Bonchev–Trinajstić information content (AvgIpc) is 3.31. The molecule has 0 bridgehead atoms. The molecular formula is C30H33ClN4OS. The van der Waals surface area contributed by atoms with Crippen LogP contribution in [-0.2, 0) is 10.2 Å². The molecule has 0 unspecified atom stereocenters. The van der Waals surface area contributed by atoms with Gasteiger partial charge in [-0.15, -0.1) is 10.2 Å². The molecule has 0 aliphatic heterocycles. The topological polar surface area (TPSA) is 59.8 Å². The van der Waals surface area contributed by atoms with E-state index in [2.05, 4.69) is 86.5 Å². The van der Waals surface area contributed by atoms with Crippen molar-refractivity contribution in [1.29, 1.82) is 0 Å². The maximum atomic E-state index is 12.8. The van der Waals surface area contributed by atoms with Gasteiger partial charge in [0.1, 0.15) is 0 Å². The molecule has 1 amide bonds. The van der Waals surface area contributed by atoms with Crippen molar-refractivity contribution in [1.82, 2.24) is 14.8 Å². The highest BCUT2D eigenvalue weighted by molar-refractivity contribution is 7.99. The summed E-state index contributed by atoms with van der Waals surface area (Å²) >= 11 is 7.50. The molecule has 4 aromatic rings. The molecule has 5 nitrogen and oxygen atoms in total. The molecule has 4 rings (SSSR count). The lowest BCUT2D eigenvalue weighted by Crippen LogP contribution is -2.14. The second-order valence-corrected chi connectivity index (χ2v) is 11.6.